The summed E-state index contributed by atoms with van der Waals surface area (Å²) in [4.78, 5) is 10.2. The second-order valence-corrected chi connectivity index (χ2v) is 7.08. The zero-order chi connectivity index (χ0) is 18.4. The number of benzene rings is 2. The highest BCUT2D eigenvalue weighted by Crippen LogP contribution is 2.30. The number of aliphatic hydroxyl groups excluding tert-OH is 1. The van der Waals surface area contributed by atoms with Crippen LogP contribution in [0.25, 0.3) is 0 Å². The summed E-state index contributed by atoms with van der Waals surface area (Å²) in [5.41, 5.74) is 0.301. The number of aliphatic hydroxyl groups is 1. The lowest BCUT2D eigenvalue weighted by Gasteiger charge is -2.21. The second kappa shape index (κ2) is 8.06. The van der Waals surface area contributed by atoms with E-state index in [1.807, 2.05) is 0 Å². The Labute approximate surface area is 145 Å². The van der Waals surface area contributed by atoms with Crippen molar-refractivity contribution in [3.63, 3.8) is 0 Å². The minimum Gasteiger partial charge on any atom is -0.490 e. The highest BCUT2D eigenvalue weighted by Gasteiger charge is 2.27. The Morgan fingerprint density at radius 2 is 1.88 bits per heavy atom. The third kappa shape index (κ3) is 4.32. The van der Waals surface area contributed by atoms with Gasteiger partial charge in [-0.05, 0) is 17.7 Å². The van der Waals surface area contributed by atoms with Gasteiger partial charge in [-0.1, -0.05) is 30.3 Å². The van der Waals surface area contributed by atoms with E-state index >= 15 is 0 Å². The summed E-state index contributed by atoms with van der Waals surface area (Å²) in [6.07, 6.45) is 0. The normalized spacial score (nSPS) is 11.5. The van der Waals surface area contributed by atoms with Crippen LogP contribution in [0.3, 0.4) is 0 Å². The third-order valence-electron chi connectivity index (χ3n) is 3.54. The molecule has 1 N–H and O–H groups in total. The summed E-state index contributed by atoms with van der Waals surface area (Å²) in [5, 5.41) is 20.3. The van der Waals surface area contributed by atoms with Crippen molar-refractivity contribution < 1.29 is 23.2 Å². The van der Waals surface area contributed by atoms with Crippen LogP contribution in [-0.2, 0) is 16.6 Å². The smallest absolute Gasteiger partial charge is 0.312 e. The molecule has 0 aliphatic heterocycles. The maximum Gasteiger partial charge on any atom is 0.312 e. The number of nitro benzene ring substituents is 1. The van der Waals surface area contributed by atoms with Crippen LogP contribution >= 0.6 is 0 Å². The van der Waals surface area contributed by atoms with Crippen LogP contribution in [0.1, 0.15) is 5.56 Å². The van der Waals surface area contributed by atoms with Gasteiger partial charge in [0.2, 0.25) is 10.0 Å². The molecule has 0 heterocycles. The van der Waals surface area contributed by atoms with Gasteiger partial charge in [0, 0.05) is 19.2 Å². The first-order chi connectivity index (χ1) is 11.9. The van der Waals surface area contributed by atoms with Gasteiger partial charge in [0.25, 0.3) is 0 Å². The van der Waals surface area contributed by atoms with E-state index < -0.39 is 20.6 Å². The Kier molecular flexibility index (Phi) is 6.07. The van der Waals surface area contributed by atoms with E-state index in [0.717, 1.165) is 15.9 Å². The van der Waals surface area contributed by atoms with Crippen molar-refractivity contribution in [3.05, 3.63) is 64.2 Å². The molecule has 25 heavy (non-hydrogen) atoms. The molecule has 2 aromatic rings. The Bertz CT molecular complexity index is 839. The second-order valence-electron chi connectivity index (χ2n) is 5.14. The number of nitro groups is 1. The molecule has 0 aliphatic rings. The van der Waals surface area contributed by atoms with Crippen molar-refractivity contribution in [1.82, 2.24) is 4.31 Å². The summed E-state index contributed by atoms with van der Waals surface area (Å²) in [5.74, 6) is -0.0271. The number of nitrogens with zero attached hydrogens (tertiary/aromatic N) is 2. The standard InChI is InChI=1S/C16H18N2O6S/c1-24-16-8-7-14(11-15(16)18(20)21)25(22,23)17(9-10-19)12-13-5-3-2-4-6-13/h2-8,11,19H,9-10,12H2,1H3. The number of hydrogen-bond acceptors (Lipinski definition) is 6. The van der Waals surface area contributed by atoms with Gasteiger partial charge in [-0.2, -0.15) is 4.31 Å². The Morgan fingerprint density at radius 3 is 2.44 bits per heavy atom. The average Bonchev–Trinajstić information content (AvgIpc) is 2.61. The molecule has 0 spiro atoms. The van der Waals surface area contributed by atoms with Crippen LogP contribution in [0.5, 0.6) is 5.75 Å². The molecule has 2 aromatic carbocycles. The summed E-state index contributed by atoms with van der Waals surface area (Å²) in [6.45, 7) is -0.453. The van der Waals surface area contributed by atoms with Gasteiger partial charge in [0.05, 0.1) is 23.5 Å². The molecule has 0 atom stereocenters. The molecule has 0 unspecified atom stereocenters. The zero-order valence-corrected chi connectivity index (χ0v) is 14.3. The predicted molar refractivity (Wildman–Crippen MR) is 90.8 cm³/mol. The van der Waals surface area contributed by atoms with E-state index in [0.29, 0.717) is 0 Å². The van der Waals surface area contributed by atoms with Gasteiger partial charge in [-0.3, -0.25) is 10.1 Å². The molecule has 134 valence electrons. The summed E-state index contributed by atoms with van der Waals surface area (Å²) >= 11 is 0. The molecule has 0 aliphatic carbocycles. The summed E-state index contributed by atoms with van der Waals surface area (Å²) < 4.78 is 31.7. The fourth-order valence-corrected chi connectivity index (χ4v) is 3.74. The first-order valence-electron chi connectivity index (χ1n) is 7.37. The topological polar surface area (TPSA) is 110 Å². The molecular formula is C16H18N2O6S. The Balaban J connectivity index is 2.43. The van der Waals surface area contributed by atoms with Crippen LogP contribution in [-0.4, -0.2) is 43.0 Å². The number of hydrogen-bond donors (Lipinski definition) is 1. The lowest BCUT2D eigenvalue weighted by molar-refractivity contribution is -0.386. The molecule has 0 radical (unpaired) electrons. The fraction of sp³-hybridized carbons (Fsp3) is 0.250. The van der Waals surface area contributed by atoms with Gasteiger partial charge in [0.15, 0.2) is 5.75 Å². The van der Waals surface area contributed by atoms with E-state index in [1.165, 1.54) is 19.2 Å². The number of sulfonamides is 1. The molecular weight excluding hydrogens is 348 g/mol. The molecule has 0 fully saturated rings. The number of methoxy groups -OCH3 is 1. The third-order valence-corrected chi connectivity index (χ3v) is 5.38. The van der Waals surface area contributed by atoms with Crippen molar-refractivity contribution in [1.29, 1.82) is 0 Å². The average molecular weight is 366 g/mol. The molecule has 0 amide bonds. The maximum atomic E-state index is 12.9. The molecule has 0 bridgehead atoms. The highest BCUT2D eigenvalue weighted by atomic mass is 32.2. The minimum absolute atomic E-state index is 0.0271. The predicted octanol–water partition coefficient (Wildman–Crippen LogP) is 1.79. The van der Waals surface area contributed by atoms with Crippen LogP contribution in [0, 0.1) is 10.1 Å². The Morgan fingerprint density at radius 1 is 1.20 bits per heavy atom. The molecule has 8 nitrogen and oxygen atoms in total. The molecule has 9 heteroatoms. The van der Waals surface area contributed by atoms with Crippen LogP contribution in [0.2, 0.25) is 0 Å². The first kappa shape index (κ1) is 18.8. The summed E-state index contributed by atoms with van der Waals surface area (Å²) in [6, 6.07) is 12.3. The summed E-state index contributed by atoms with van der Waals surface area (Å²) in [7, 11) is -2.76. The van der Waals surface area contributed by atoms with Gasteiger partial charge < -0.3 is 9.84 Å². The van der Waals surface area contributed by atoms with Crippen LogP contribution in [0.4, 0.5) is 5.69 Å². The lowest BCUT2D eigenvalue weighted by atomic mass is 10.2. The molecule has 0 saturated heterocycles. The van der Waals surface area contributed by atoms with Crippen molar-refractivity contribution >= 4 is 15.7 Å². The SMILES string of the molecule is COc1ccc(S(=O)(=O)N(CCO)Cc2ccccc2)cc1[N+](=O)[O-]. The molecule has 0 saturated carbocycles. The van der Waals surface area contributed by atoms with Gasteiger partial charge in [-0.25, -0.2) is 8.42 Å². The lowest BCUT2D eigenvalue weighted by Crippen LogP contribution is -2.33. The van der Waals surface area contributed by atoms with Crippen LogP contribution < -0.4 is 4.74 Å². The highest BCUT2D eigenvalue weighted by molar-refractivity contribution is 7.89. The maximum absolute atomic E-state index is 12.9. The first-order valence-corrected chi connectivity index (χ1v) is 8.81. The molecule has 0 aromatic heterocycles. The quantitative estimate of drug-likeness (QED) is 0.563. The van der Waals surface area contributed by atoms with Crippen molar-refractivity contribution in [3.8, 4) is 5.75 Å². The Hall–Kier alpha value is -2.49. The molecule has 2 rings (SSSR count). The van der Waals surface area contributed by atoms with E-state index in [4.69, 9.17) is 4.74 Å². The van der Waals surface area contributed by atoms with E-state index in [2.05, 4.69) is 0 Å². The fourth-order valence-electron chi connectivity index (χ4n) is 2.30. The van der Waals surface area contributed by atoms with E-state index in [1.54, 1.807) is 30.3 Å². The van der Waals surface area contributed by atoms with E-state index in [-0.39, 0.29) is 30.3 Å². The number of rotatable bonds is 8. The van der Waals surface area contributed by atoms with Crippen molar-refractivity contribution in [2.45, 2.75) is 11.4 Å². The number of ether oxygens (including phenoxy) is 1. The van der Waals surface area contributed by atoms with Crippen molar-refractivity contribution in [2.24, 2.45) is 0 Å². The van der Waals surface area contributed by atoms with Gasteiger partial charge in [-0.15, -0.1) is 0 Å². The van der Waals surface area contributed by atoms with E-state index in [9.17, 15) is 23.6 Å². The van der Waals surface area contributed by atoms with Crippen LogP contribution in [0.15, 0.2) is 53.4 Å². The minimum atomic E-state index is -4.03. The van der Waals surface area contributed by atoms with Gasteiger partial charge >= 0.3 is 5.69 Å². The monoisotopic (exact) mass is 366 g/mol. The largest absolute Gasteiger partial charge is 0.490 e. The van der Waals surface area contributed by atoms with Gasteiger partial charge in [0.1, 0.15) is 0 Å². The zero-order valence-electron chi connectivity index (χ0n) is 13.5. The van der Waals surface area contributed by atoms with Crippen molar-refractivity contribution in [2.75, 3.05) is 20.3 Å².